The first kappa shape index (κ1) is 20.9. The van der Waals surface area contributed by atoms with E-state index in [1.54, 1.807) is 44.2 Å². The standard InChI is InChI=1S/C19H23FN2O4S/c1-14(2)18(22-27(24,25)15-8-4-3-5-9-15)19(23)21-12-13-26-17-11-7-6-10-16(17)20/h3-11,14,18,22H,12-13H2,1-2H3,(H,21,23)/t18-/m0/s1. The molecule has 0 heterocycles. The predicted octanol–water partition coefficient (Wildman–Crippen LogP) is 2.32. The van der Waals surface area contributed by atoms with Gasteiger partial charge in [0.15, 0.2) is 11.6 Å². The zero-order valence-corrected chi connectivity index (χ0v) is 16.0. The Labute approximate surface area is 158 Å². The highest BCUT2D eigenvalue weighted by molar-refractivity contribution is 7.89. The van der Waals surface area contributed by atoms with Gasteiger partial charge in [0.25, 0.3) is 0 Å². The molecule has 27 heavy (non-hydrogen) atoms. The van der Waals surface area contributed by atoms with Gasteiger partial charge in [-0.25, -0.2) is 12.8 Å². The molecule has 0 saturated carbocycles. The van der Waals surface area contributed by atoms with Crippen LogP contribution in [0.25, 0.3) is 0 Å². The van der Waals surface area contributed by atoms with E-state index >= 15 is 0 Å². The molecule has 0 aliphatic heterocycles. The van der Waals surface area contributed by atoms with Gasteiger partial charge in [-0.05, 0) is 30.2 Å². The van der Waals surface area contributed by atoms with Crippen LogP contribution in [0.5, 0.6) is 5.75 Å². The van der Waals surface area contributed by atoms with Crippen molar-refractivity contribution >= 4 is 15.9 Å². The number of para-hydroxylation sites is 1. The molecule has 8 heteroatoms. The number of hydrogen-bond acceptors (Lipinski definition) is 4. The van der Waals surface area contributed by atoms with E-state index in [1.165, 1.54) is 24.3 Å². The first-order chi connectivity index (χ1) is 12.8. The van der Waals surface area contributed by atoms with Crippen LogP contribution in [0.3, 0.4) is 0 Å². The summed E-state index contributed by atoms with van der Waals surface area (Å²) in [5.74, 6) is -1.13. The zero-order chi connectivity index (χ0) is 19.9. The minimum atomic E-state index is -3.82. The van der Waals surface area contributed by atoms with Gasteiger partial charge in [0, 0.05) is 0 Å². The summed E-state index contributed by atoms with van der Waals surface area (Å²) >= 11 is 0. The molecular formula is C19H23FN2O4S. The van der Waals surface area contributed by atoms with Crippen molar-refractivity contribution in [1.82, 2.24) is 10.0 Å². The summed E-state index contributed by atoms with van der Waals surface area (Å²) < 4.78 is 46.1. The van der Waals surface area contributed by atoms with E-state index in [9.17, 15) is 17.6 Å². The maximum atomic E-state index is 13.5. The average molecular weight is 394 g/mol. The van der Waals surface area contributed by atoms with E-state index in [0.717, 1.165) is 0 Å². The number of rotatable bonds is 9. The highest BCUT2D eigenvalue weighted by Crippen LogP contribution is 2.15. The first-order valence-corrected chi connectivity index (χ1v) is 10.0. The van der Waals surface area contributed by atoms with Crippen molar-refractivity contribution in [2.45, 2.75) is 24.8 Å². The van der Waals surface area contributed by atoms with Crippen LogP contribution in [0.15, 0.2) is 59.5 Å². The van der Waals surface area contributed by atoms with Gasteiger partial charge in [0.1, 0.15) is 12.6 Å². The molecule has 2 rings (SSSR count). The molecule has 2 aromatic rings. The van der Waals surface area contributed by atoms with Crippen molar-refractivity contribution in [3.63, 3.8) is 0 Å². The molecule has 0 unspecified atom stereocenters. The number of sulfonamides is 1. The number of carbonyl (C=O) groups is 1. The smallest absolute Gasteiger partial charge is 0.241 e. The van der Waals surface area contributed by atoms with E-state index in [4.69, 9.17) is 4.74 Å². The Morgan fingerprint density at radius 2 is 1.70 bits per heavy atom. The van der Waals surface area contributed by atoms with Crippen LogP contribution in [0.1, 0.15) is 13.8 Å². The van der Waals surface area contributed by atoms with Crippen molar-refractivity contribution in [2.75, 3.05) is 13.2 Å². The molecular weight excluding hydrogens is 371 g/mol. The normalized spacial score (nSPS) is 12.6. The molecule has 0 aromatic heterocycles. The second kappa shape index (κ2) is 9.48. The molecule has 2 N–H and O–H groups in total. The molecule has 1 amide bonds. The van der Waals surface area contributed by atoms with Crippen molar-refractivity contribution in [3.05, 3.63) is 60.4 Å². The lowest BCUT2D eigenvalue weighted by Gasteiger charge is -2.21. The molecule has 0 aliphatic carbocycles. The van der Waals surface area contributed by atoms with Crippen molar-refractivity contribution < 1.29 is 22.3 Å². The molecule has 1 atom stereocenters. The minimum absolute atomic E-state index is 0.0585. The maximum Gasteiger partial charge on any atom is 0.241 e. The third-order valence-electron chi connectivity index (χ3n) is 3.78. The van der Waals surface area contributed by atoms with Crippen LogP contribution < -0.4 is 14.8 Å². The van der Waals surface area contributed by atoms with Crippen LogP contribution in [0, 0.1) is 11.7 Å². The van der Waals surface area contributed by atoms with Gasteiger partial charge in [0.05, 0.1) is 11.4 Å². The maximum absolute atomic E-state index is 13.5. The Bertz CT molecular complexity index is 857. The number of ether oxygens (including phenoxy) is 1. The molecule has 0 radical (unpaired) electrons. The van der Waals surface area contributed by atoms with Crippen LogP contribution >= 0.6 is 0 Å². The van der Waals surface area contributed by atoms with Crippen LogP contribution in [0.4, 0.5) is 4.39 Å². The highest BCUT2D eigenvalue weighted by atomic mass is 32.2. The number of amides is 1. The monoisotopic (exact) mass is 394 g/mol. The number of hydrogen-bond donors (Lipinski definition) is 2. The lowest BCUT2D eigenvalue weighted by molar-refractivity contribution is -0.123. The van der Waals surface area contributed by atoms with Crippen LogP contribution in [0.2, 0.25) is 0 Å². The summed E-state index contributed by atoms with van der Waals surface area (Å²) in [5.41, 5.74) is 0. The van der Waals surface area contributed by atoms with Crippen LogP contribution in [-0.4, -0.2) is 33.5 Å². The minimum Gasteiger partial charge on any atom is -0.489 e. The summed E-state index contributed by atoms with van der Waals surface area (Å²) in [6.45, 7) is 3.66. The zero-order valence-electron chi connectivity index (χ0n) is 15.2. The third kappa shape index (κ3) is 6.04. The number of halogens is 1. The van der Waals surface area contributed by atoms with Gasteiger partial charge in [-0.3, -0.25) is 4.79 Å². The summed E-state index contributed by atoms with van der Waals surface area (Å²) in [6, 6.07) is 12.9. The fourth-order valence-corrected chi connectivity index (χ4v) is 3.70. The highest BCUT2D eigenvalue weighted by Gasteiger charge is 2.28. The fraction of sp³-hybridized carbons (Fsp3) is 0.316. The first-order valence-electron chi connectivity index (χ1n) is 8.53. The molecule has 0 saturated heterocycles. The fourth-order valence-electron chi connectivity index (χ4n) is 2.33. The molecule has 0 aliphatic rings. The number of benzene rings is 2. The Morgan fingerprint density at radius 3 is 2.33 bits per heavy atom. The second-order valence-corrected chi connectivity index (χ2v) is 7.94. The third-order valence-corrected chi connectivity index (χ3v) is 5.24. The van der Waals surface area contributed by atoms with Crippen molar-refractivity contribution in [2.24, 2.45) is 5.92 Å². The predicted molar refractivity (Wildman–Crippen MR) is 100 cm³/mol. The Kier molecular flexibility index (Phi) is 7.32. The van der Waals surface area contributed by atoms with Crippen molar-refractivity contribution in [1.29, 1.82) is 0 Å². The summed E-state index contributed by atoms with van der Waals surface area (Å²) in [7, 11) is -3.82. The Hall–Kier alpha value is -2.45. The van der Waals surface area contributed by atoms with Gasteiger partial charge in [-0.2, -0.15) is 4.72 Å². The van der Waals surface area contributed by atoms with E-state index in [2.05, 4.69) is 10.0 Å². The average Bonchev–Trinajstić information content (AvgIpc) is 2.65. The molecule has 0 spiro atoms. The molecule has 0 bridgehead atoms. The molecule has 146 valence electrons. The van der Waals surface area contributed by atoms with E-state index < -0.39 is 27.8 Å². The lowest BCUT2D eigenvalue weighted by atomic mass is 10.1. The Balaban J connectivity index is 1.92. The van der Waals surface area contributed by atoms with Crippen LogP contribution in [-0.2, 0) is 14.8 Å². The van der Waals surface area contributed by atoms with E-state index in [-0.39, 0.29) is 29.7 Å². The van der Waals surface area contributed by atoms with Gasteiger partial charge in [-0.15, -0.1) is 0 Å². The number of nitrogens with one attached hydrogen (secondary N) is 2. The summed E-state index contributed by atoms with van der Waals surface area (Å²) in [4.78, 5) is 12.5. The largest absolute Gasteiger partial charge is 0.489 e. The summed E-state index contributed by atoms with van der Waals surface area (Å²) in [6.07, 6.45) is 0. The topological polar surface area (TPSA) is 84.5 Å². The quantitative estimate of drug-likeness (QED) is 0.640. The second-order valence-electron chi connectivity index (χ2n) is 6.23. The molecule has 2 aromatic carbocycles. The van der Waals surface area contributed by atoms with Gasteiger partial charge >= 0.3 is 0 Å². The summed E-state index contributed by atoms with van der Waals surface area (Å²) in [5, 5.41) is 2.61. The van der Waals surface area contributed by atoms with Gasteiger partial charge in [0.2, 0.25) is 15.9 Å². The lowest BCUT2D eigenvalue weighted by Crippen LogP contribution is -2.50. The number of carbonyl (C=O) groups excluding carboxylic acids is 1. The van der Waals surface area contributed by atoms with Gasteiger partial charge < -0.3 is 10.1 Å². The van der Waals surface area contributed by atoms with Gasteiger partial charge in [-0.1, -0.05) is 44.2 Å². The Morgan fingerprint density at radius 1 is 1.07 bits per heavy atom. The van der Waals surface area contributed by atoms with E-state index in [1.807, 2.05) is 0 Å². The van der Waals surface area contributed by atoms with Crippen molar-refractivity contribution in [3.8, 4) is 5.75 Å². The molecule has 6 nitrogen and oxygen atoms in total. The van der Waals surface area contributed by atoms with E-state index in [0.29, 0.717) is 0 Å². The molecule has 0 fully saturated rings. The SMILES string of the molecule is CC(C)[C@H](NS(=O)(=O)c1ccccc1)C(=O)NCCOc1ccccc1F.